The molecule has 0 saturated carbocycles. The molecule has 0 bridgehead atoms. The van der Waals surface area contributed by atoms with E-state index < -0.39 is 0 Å². The fourth-order valence-corrected chi connectivity index (χ4v) is 3.38. The minimum absolute atomic E-state index is 0.138. The number of benzene rings is 1. The average molecular weight is 381 g/mol. The number of esters is 1. The normalized spacial score (nSPS) is 12.5. The third-order valence-corrected chi connectivity index (χ3v) is 5.21. The molecule has 0 fully saturated rings. The van der Waals surface area contributed by atoms with Crippen molar-refractivity contribution in [3.63, 3.8) is 0 Å². The Kier molecular flexibility index (Phi) is 8.06. The third-order valence-electron chi connectivity index (χ3n) is 4.23. The van der Waals surface area contributed by atoms with E-state index in [9.17, 15) is 9.90 Å². The van der Waals surface area contributed by atoms with Crippen molar-refractivity contribution in [2.24, 2.45) is 5.92 Å². The number of rotatable bonds is 7. The van der Waals surface area contributed by atoms with Gasteiger partial charge >= 0.3 is 5.97 Å². The van der Waals surface area contributed by atoms with Gasteiger partial charge < -0.3 is 9.84 Å². The molecule has 0 saturated heterocycles. The molecule has 148 valence electrons. The van der Waals surface area contributed by atoms with Crippen molar-refractivity contribution < 1.29 is 14.6 Å². The van der Waals surface area contributed by atoms with E-state index in [1.807, 2.05) is 0 Å². The molecule has 0 spiro atoms. The zero-order chi connectivity index (χ0) is 20.1. The summed E-state index contributed by atoms with van der Waals surface area (Å²) in [5, 5.41) is 10.8. The molecule has 0 aromatic heterocycles. The highest BCUT2D eigenvalue weighted by molar-refractivity contribution is 7.99. The lowest BCUT2D eigenvalue weighted by molar-refractivity contribution is -0.140. The molecule has 0 unspecified atom stereocenters. The summed E-state index contributed by atoms with van der Waals surface area (Å²) in [7, 11) is 0. The van der Waals surface area contributed by atoms with Crippen LogP contribution < -0.4 is 0 Å². The summed E-state index contributed by atoms with van der Waals surface area (Å²) >= 11 is 1.56. The molecule has 4 heteroatoms. The van der Waals surface area contributed by atoms with Crippen LogP contribution in [0.5, 0.6) is 5.75 Å². The van der Waals surface area contributed by atoms with Crippen LogP contribution in [0, 0.1) is 5.92 Å². The Morgan fingerprint density at radius 2 is 1.58 bits per heavy atom. The predicted octanol–water partition coefficient (Wildman–Crippen LogP) is 5.81. The van der Waals surface area contributed by atoms with Gasteiger partial charge in [-0.3, -0.25) is 4.79 Å². The van der Waals surface area contributed by atoms with Gasteiger partial charge in [-0.25, -0.2) is 0 Å². The van der Waals surface area contributed by atoms with E-state index in [2.05, 4.69) is 67.5 Å². The maximum absolute atomic E-state index is 11.8. The quantitative estimate of drug-likeness (QED) is 0.606. The molecule has 1 aromatic carbocycles. The minimum Gasteiger partial charge on any atom is -0.507 e. The Balaban J connectivity index is 2.82. The average Bonchev–Trinajstić information content (AvgIpc) is 2.45. The zero-order valence-corrected chi connectivity index (χ0v) is 18.5. The Bertz CT molecular complexity index is 572. The first-order valence-electron chi connectivity index (χ1n) is 9.42. The number of ether oxygens (including phenoxy) is 1. The molecular weight excluding hydrogens is 344 g/mol. The maximum Gasteiger partial charge on any atom is 0.315 e. The summed E-state index contributed by atoms with van der Waals surface area (Å²) in [6.07, 6.45) is 0.901. The largest absolute Gasteiger partial charge is 0.507 e. The summed E-state index contributed by atoms with van der Waals surface area (Å²) in [6, 6.07) is 4.14. The summed E-state index contributed by atoms with van der Waals surface area (Å²) in [5.74, 6) is 1.87. The summed E-state index contributed by atoms with van der Waals surface area (Å²) in [4.78, 5) is 11.8. The number of aromatic hydroxyl groups is 1. The monoisotopic (exact) mass is 380 g/mol. The van der Waals surface area contributed by atoms with Crippen LogP contribution in [0.25, 0.3) is 0 Å². The minimum atomic E-state index is -0.151. The van der Waals surface area contributed by atoms with Crippen LogP contribution in [0.3, 0.4) is 0 Å². The van der Waals surface area contributed by atoms with E-state index in [-0.39, 0.29) is 16.8 Å². The Morgan fingerprint density at radius 1 is 1.08 bits per heavy atom. The molecule has 0 heterocycles. The molecule has 1 N–H and O–H groups in total. The summed E-state index contributed by atoms with van der Waals surface area (Å²) in [6.45, 7) is 17.4. The van der Waals surface area contributed by atoms with Crippen LogP contribution in [0.1, 0.15) is 78.5 Å². The van der Waals surface area contributed by atoms with Crippen LogP contribution in [-0.4, -0.2) is 23.4 Å². The van der Waals surface area contributed by atoms with E-state index in [1.165, 1.54) is 0 Å². The van der Waals surface area contributed by atoms with Gasteiger partial charge in [0.05, 0.1) is 12.4 Å². The SMILES string of the molecule is CC(C)CCOC(=O)CSCc1cc(C(C)(C)C)c(O)c(C(C)(C)C)c1. The Labute approximate surface area is 163 Å². The first-order valence-corrected chi connectivity index (χ1v) is 10.6. The molecule has 0 aliphatic rings. The molecule has 1 aromatic rings. The fourth-order valence-electron chi connectivity index (χ4n) is 2.62. The fraction of sp³-hybridized carbons (Fsp3) is 0.682. The van der Waals surface area contributed by atoms with Gasteiger partial charge in [-0.05, 0) is 39.9 Å². The number of hydrogen-bond donors (Lipinski definition) is 1. The second-order valence-electron chi connectivity index (χ2n) is 9.44. The van der Waals surface area contributed by atoms with Crippen LogP contribution in [0.4, 0.5) is 0 Å². The van der Waals surface area contributed by atoms with Gasteiger partial charge in [0, 0.05) is 5.75 Å². The predicted molar refractivity (Wildman–Crippen MR) is 112 cm³/mol. The zero-order valence-electron chi connectivity index (χ0n) is 17.7. The van der Waals surface area contributed by atoms with Crippen molar-refractivity contribution in [1.82, 2.24) is 0 Å². The van der Waals surface area contributed by atoms with E-state index in [1.54, 1.807) is 11.8 Å². The molecular formula is C22H36O3S. The number of carbonyl (C=O) groups is 1. The van der Waals surface area contributed by atoms with E-state index in [0.717, 1.165) is 28.9 Å². The van der Waals surface area contributed by atoms with E-state index in [0.29, 0.717) is 24.0 Å². The number of phenolic OH excluding ortho intramolecular Hbond substituents is 1. The smallest absolute Gasteiger partial charge is 0.315 e. The van der Waals surface area contributed by atoms with Crippen LogP contribution >= 0.6 is 11.8 Å². The van der Waals surface area contributed by atoms with Crippen LogP contribution in [0.15, 0.2) is 12.1 Å². The molecule has 0 aliphatic heterocycles. The molecule has 1 rings (SSSR count). The topological polar surface area (TPSA) is 46.5 Å². The maximum atomic E-state index is 11.8. The van der Waals surface area contributed by atoms with Crippen molar-refractivity contribution >= 4 is 17.7 Å². The van der Waals surface area contributed by atoms with Gasteiger partial charge in [-0.2, -0.15) is 0 Å². The van der Waals surface area contributed by atoms with Crippen LogP contribution in [0.2, 0.25) is 0 Å². The Hall–Kier alpha value is -1.16. The lowest BCUT2D eigenvalue weighted by Crippen LogP contribution is -2.18. The first kappa shape index (κ1) is 22.9. The second kappa shape index (κ2) is 9.16. The van der Waals surface area contributed by atoms with Crippen molar-refractivity contribution in [2.45, 2.75) is 78.4 Å². The number of thioether (sulfide) groups is 1. The first-order chi connectivity index (χ1) is 11.8. The van der Waals surface area contributed by atoms with Crippen molar-refractivity contribution in [2.75, 3.05) is 12.4 Å². The highest BCUT2D eigenvalue weighted by Crippen LogP contribution is 2.40. The number of carbonyl (C=O) groups excluding carboxylic acids is 1. The van der Waals surface area contributed by atoms with Gasteiger partial charge in [-0.1, -0.05) is 67.5 Å². The Morgan fingerprint density at radius 3 is 2.00 bits per heavy atom. The molecule has 26 heavy (non-hydrogen) atoms. The molecule has 0 atom stereocenters. The molecule has 3 nitrogen and oxygen atoms in total. The van der Waals surface area contributed by atoms with Gasteiger partial charge in [0.25, 0.3) is 0 Å². The number of phenols is 1. The lowest BCUT2D eigenvalue weighted by atomic mass is 9.78. The van der Waals surface area contributed by atoms with Crippen molar-refractivity contribution in [3.05, 3.63) is 28.8 Å². The highest BCUT2D eigenvalue weighted by Gasteiger charge is 2.26. The lowest BCUT2D eigenvalue weighted by Gasteiger charge is -2.28. The van der Waals surface area contributed by atoms with Crippen molar-refractivity contribution in [1.29, 1.82) is 0 Å². The van der Waals surface area contributed by atoms with E-state index >= 15 is 0 Å². The van der Waals surface area contributed by atoms with Gasteiger partial charge in [-0.15, -0.1) is 11.8 Å². The second-order valence-corrected chi connectivity index (χ2v) is 10.4. The van der Waals surface area contributed by atoms with Crippen LogP contribution in [-0.2, 0) is 26.1 Å². The molecule has 0 amide bonds. The van der Waals surface area contributed by atoms with E-state index in [4.69, 9.17) is 4.74 Å². The molecule has 0 aliphatic carbocycles. The van der Waals surface area contributed by atoms with Gasteiger partial charge in [0.1, 0.15) is 5.75 Å². The van der Waals surface area contributed by atoms with Gasteiger partial charge in [0.15, 0.2) is 0 Å². The molecule has 0 radical (unpaired) electrons. The highest BCUT2D eigenvalue weighted by atomic mass is 32.2. The van der Waals surface area contributed by atoms with Gasteiger partial charge in [0.2, 0.25) is 0 Å². The van der Waals surface area contributed by atoms with Crippen molar-refractivity contribution in [3.8, 4) is 5.75 Å². The number of hydrogen-bond acceptors (Lipinski definition) is 4. The summed E-state index contributed by atoms with van der Waals surface area (Å²) < 4.78 is 5.27. The summed E-state index contributed by atoms with van der Waals surface area (Å²) in [5.41, 5.74) is 2.78. The third kappa shape index (κ3) is 7.22. The standard InChI is InChI=1S/C22H36O3S/c1-15(2)9-10-25-19(23)14-26-13-16-11-17(21(3,4)5)20(24)18(12-16)22(6,7)8/h11-12,15,24H,9-10,13-14H2,1-8H3.